The van der Waals surface area contributed by atoms with Gasteiger partial charge in [0, 0.05) is 39.0 Å². The summed E-state index contributed by atoms with van der Waals surface area (Å²) in [6, 6.07) is 0.542. The average Bonchev–Trinajstić information content (AvgIpc) is 2.81. The standard InChI is InChI=1S/C15H28N4O/c1-12-10-18(7-4-8-20-3)15(17-12)19-11-14(9-16)6-5-13(19)2/h10,13-14H,4-9,11,16H2,1-3H3. The van der Waals surface area contributed by atoms with E-state index in [9.17, 15) is 0 Å². The fourth-order valence-corrected chi connectivity index (χ4v) is 2.96. The van der Waals surface area contributed by atoms with Gasteiger partial charge in [0.25, 0.3) is 0 Å². The minimum atomic E-state index is 0.542. The van der Waals surface area contributed by atoms with Crippen LogP contribution in [0.25, 0.3) is 0 Å². The van der Waals surface area contributed by atoms with Crippen LogP contribution >= 0.6 is 0 Å². The Labute approximate surface area is 122 Å². The van der Waals surface area contributed by atoms with Crippen molar-refractivity contribution >= 4 is 5.95 Å². The second kappa shape index (κ2) is 7.09. The second-order valence-corrected chi connectivity index (χ2v) is 5.90. The van der Waals surface area contributed by atoms with Crippen molar-refractivity contribution < 1.29 is 4.74 Å². The number of aromatic nitrogens is 2. The molecule has 20 heavy (non-hydrogen) atoms. The number of aryl methyl sites for hydroxylation is 2. The Morgan fingerprint density at radius 1 is 1.45 bits per heavy atom. The maximum atomic E-state index is 5.86. The van der Waals surface area contributed by atoms with Crippen molar-refractivity contribution in [1.82, 2.24) is 9.55 Å². The van der Waals surface area contributed by atoms with Crippen LogP contribution in [0.2, 0.25) is 0 Å². The summed E-state index contributed by atoms with van der Waals surface area (Å²) < 4.78 is 7.42. The maximum absolute atomic E-state index is 5.86. The van der Waals surface area contributed by atoms with Crippen molar-refractivity contribution in [1.29, 1.82) is 0 Å². The number of methoxy groups -OCH3 is 1. The molecule has 5 nitrogen and oxygen atoms in total. The molecule has 2 unspecified atom stereocenters. The molecule has 0 amide bonds. The number of ether oxygens (including phenoxy) is 1. The van der Waals surface area contributed by atoms with E-state index in [2.05, 4.69) is 29.5 Å². The van der Waals surface area contributed by atoms with Gasteiger partial charge in [0.15, 0.2) is 0 Å². The molecule has 0 aromatic carbocycles. The molecule has 2 heterocycles. The molecule has 0 bridgehead atoms. The van der Waals surface area contributed by atoms with Gasteiger partial charge in [-0.2, -0.15) is 0 Å². The van der Waals surface area contributed by atoms with Crippen LogP contribution < -0.4 is 10.6 Å². The summed E-state index contributed by atoms with van der Waals surface area (Å²) in [7, 11) is 1.75. The van der Waals surface area contributed by atoms with E-state index >= 15 is 0 Å². The monoisotopic (exact) mass is 280 g/mol. The molecule has 0 aliphatic carbocycles. The molecule has 1 aliphatic rings. The first kappa shape index (κ1) is 15.3. The molecule has 0 spiro atoms. The van der Waals surface area contributed by atoms with Gasteiger partial charge in [0.1, 0.15) is 0 Å². The largest absolute Gasteiger partial charge is 0.385 e. The van der Waals surface area contributed by atoms with Gasteiger partial charge in [-0.25, -0.2) is 4.98 Å². The number of nitrogens with zero attached hydrogens (tertiary/aromatic N) is 3. The van der Waals surface area contributed by atoms with Gasteiger partial charge in [0.05, 0.1) is 5.69 Å². The summed E-state index contributed by atoms with van der Waals surface area (Å²) >= 11 is 0. The van der Waals surface area contributed by atoms with Crippen LogP contribution in [0.4, 0.5) is 5.95 Å². The lowest BCUT2D eigenvalue weighted by atomic mass is 9.94. The Morgan fingerprint density at radius 2 is 2.25 bits per heavy atom. The third-order valence-electron chi connectivity index (χ3n) is 4.19. The van der Waals surface area contributed by atoms with Crippen LogP contribution in [-0.4, -0.2) is 42.4 Å². The lowest BCUT2D eigenvalue weighted by molar-refractivity contribution is 0.190. The molecule has 114 valence electrons. The minimum Gasteiger partial charge on any atom is -0.385 e. The zero-order valence-electron chi connectivity index (χ0n) is 13.0. The minimum absolute atomic E-state index is 0.542. The summed E-state index contributed by atoms with van der Waals surface area (Å²) in [5, 5.41) is 0. The molecule has 1 aromatic heterocycles. The molecule has 2 rings (SSSR count). The summed E-state index contributed by atoms with van der Waals surface area (Å²) in [5.41, 5.74) is 6.94. The van der Waals surface area contributed by atoms with Crippen molar-refractivity contribution in [3.8, 4) is 0 Å². The number of nitrogens with two attached hydrogens (primary N) is 1. The van der Waals surface area contributed by atoms with Gasteiger partial charge in [-0.3, -0.25) is 0 Å². The van der Waals surface area contributed by atoms with E-state index in [1.54, 1.807) is 7.11 Å². The quantitative estimate of drug-likeness (QED) is 0.807. The van der Waals surface area contributed by atoms with E-state index in [4.69, 9.17) is 15.5 Å². The fourth-order valence-electron chi connectivity index (χ4n) is 2.96. The highest BCUT2D eigenvalue weighted by atomic mass is 16.5. The summed E-state index contributed by atoms with van der Waals surface area (Å²) in [5.74, 6) is 1.69. The summed E-state index contributed by atoms with van der Waals surface area (Å²) in [4.78, 5) is 7.17. The molecule has 5 heteroatoms. The first-order valence-electron chi connectivity index (χ1n) is 7.65. The van der Waals surface area contributed by atoms with E-state index in [1.165, 1.54) is 12.8 Å². The second-order valence-electron chi connectivity index (χ2n) is 5.90. The average molecular weight is 280 g/mol. The Morgan fingerprint density at radius 3 is 2.95 bits per heavy atom. The Kier molecular flexibility index (Phi) is 5.43. The van der Waals surface area contributed by atoms with E-state index in [0.717, 1.165) is 44.3 Å². The van der Waals surface area contributed by atoms with Gasteiger partial charge in [-0.15, -0.1) is 0 Å². The topological polar surface area (TPSA) is 56.3 Å². The molecular weight excluding hydrogens is 252 g/mol. The molecule has 2 N–H and O–H groups in total. The fraction of sp³-hybridized carbons (Fsp3) is 0.800. The van der Waals surface area contributed by atoms with Crippen molar-refractivity contribution in [2.45, 2.75) is 45.7 Å². The molecular formula is C15H28N4O. The molecule has 0 radical (unpaired) electrons. The molecule has 1 fully saturated rings. The zero-order chi connectivity index (χ0) is 14.5. The van der Waals surface area contributed by atoms with Crippen LogP contribution in [0.1, 0.15) is 31.9 Å². The van der Waals surface area contributed by atoms with Gasteiger partial charge in [0.2, 0.25) is 5.95 Å². The predicted molar refractivity (Wildman–Crippen MR) is 82.0 cm³/mol. The lowest BCUT2D eigenvalue weighted by Gasteiger charge is -2.38. The van der Waals surface area contributed by atoms with Crippen LogP contribution in [0.5, 0.6) is 0 Å². The molecule has 1 aliphatic heterocycles. The van der Waals surface area contributed by atoms with Crippen LogP contribution in [0.15, 0.2) is 6.20 Å². The van der Waals surface area contributed by atoms with E-state index in [0.29, 0.717) is 12.0 Å². The zero-order valence-corrected chi connectivity index (χ0v) is 13.0. The predicted octanol–water partition coefficient (Wildman–Crippen LogP) is 1.79. The number of hydrogen-bond acceptors (Lipinski definition) is 4. The molecule has 2 atom stereocenters. The van der Waals surface area contributed by atoms with Gasteiger partial charge in [-0.05, 0) is 45.6 Å². The van der Waals surface area contributed by atoms with Gasteiger partial charge >= 0.3 is 0 Å². The number of hydrogen-bond donors (Lipinski definition) is 1. The van der Waals surface area contributed by atoms with Crippen molar-refractivity contribution in [2.75, 3.05) is 31.7 Å². The maximum Gasteiger partial charge on any atom is 0.205 e. The number of rotatable bonds is 6. The number of anilines is 1. The molecule has 0 saturated carbocycles. The van der Waals surface area contributed by atoms with Crippen LogP contribution in [0.3, 0.4) is 0 Å². The Balaban J connectivity index is 2.13. The van der Waals surface area contributed by atoms with E-state index in [1.807, 2.05) is 0 Å². The third kappa shape index (κ3) is 3.52. The van der Waals surface area contributed by atoms with Crippen LogP contribution in [0, 0.1) is 12.8 Å². The van der Waals surface area contributed by atoms with Crippen molar-refractivity contribution in [2.24, 2.45) is 11.7 Å². The normalized spacial score (nSPS) is 23.3. The van der Waals surface area contributed by atoms with Crippen molar-refractivity contribution in [3.05, 3.63) is 11.9 Å². The van der Waals surface area contributed by atoms with Gasteiger partial charge in [-0.1, -0.05) is 0 Å². The van der Waals surface area contributed by atoms with Crippen molar-refractivity contribution in [3.63, 3.8) is 0 Å². The highest BCUT2D eigenvalue weighted by molar-refractivity contribution is 5.36. The van der Waals surface area contributed by atoms with E-state index in [-0.39, 0.29) is 0 Å². The SMILES string of the molecule is COCCCn1cc(C)nc1N1CC(CN)CCC1C. The summed E-state index contributed by atoms with van der Waals surface area (Å²) in [6.07, 6.45) is 5.59. The highest BCUT2D eigenvalue weighted by Gasteiger charge is 2.27. The highest BCUT2D eigenvalue weighted by Crippen LogP contribution is 2.27. The Bertz CT molecular complexity index is 418. The number of imidazole rings is 1. The first-order chi connectivity index (χ1) is 9.65. The summed E-state index contributed by atoms with van der Waals surface area (Å²) in [6.45, 7) is 7.89. The molecule has 1 saturated heterocycles. The van der Waals surface area contributed by atoms with Crippen LogP contribution in [-0.2, 0) is 11.3 Å². The van der Waals surface area contributed by atoms with E-state index < -0.39 is 0 Å². The Hall–Kier alpha value is -1.07. The molecule has 1 aromatic rings. The number of piperidine rings is 1. The van der Waals surface area contributed by atoms with Gasteiger partial charge < -0.3 is 19.9 Å². The smallest absolute Gasteiger partial charge is 0.205 e. The first-order valence-corrected chi connectivity index (χ1v) is 7.65. The third-order valence-corrected chi connectivity index (χ3v) is 4.19. The lowest BCUT2D eigenvalue weighted by Crippen LogP contribution is -2.45.